The Hall–Kier alpha value is -0.670. The van der Waals surface area contributed by atoms with Crippen molar-refractivity contribution in [1.82, 2.24) is 5.32 Å². The molecule has 1 aliphatic carbocycles. The van der Waals surface area contributed by atoms with E-state index in [0.717, 1.165) is 29.4 Å². The zero-order valence-electron chi connectivity index (χ0n) is 12.4. The van der Waals surface area contributed by atoms with Crippen LogP contribution in [0.1, 0.15) is 50.5 Å². The number of thioether (sulfide) groups is 1. The summed E-state index contributed by atoms with van der Waals surface area (Å²) in [6, 6.07) is 8.33. The van der Waals surface area contributed by atoms with E-state index < -0.39 is 0 Å². The van der Waals surface area contributed by atoms with Crippen molar-refractivity contribution in [2.75, 3.05) is 5.75 Å². The fourth-order valence-corrected chi connectivity index (χ4v) is 3.81. The van der Waals surface area contributed by atoms with Crippen molar-refractivity contribution in [3.63, 3.8) is 0 Å². The van der Waals surface area contributed by atoms with E-state index in [1.54, 1.807) is 11.8 Å². The van der Waals surface area contributed by atoms with E-state index in [4.69, 9.17) is 11.6 Å². The Morgan fingerprint density at radius 1 is 1.24 bits per heavy atom. The Kier molecular flexibility index (Phi) is 7.45. The van der Waals surface area contributed by atoms with Gasteiger partial charge in [0.25, 0.3) is 0 Å². The summed E-state index contributed by atoms with van der Waals surface area (Å²) >= 11 is 7.75. The van der Waals surface area contributed by atoms with Gasteiger partial charge in [0.05, 0.1) is 0 Å². The second-order valence-electron chi connectivity index (χ2n) is 5.69. The molecule has 1 aromatic rings. The van der Waals surface area contributed by atoms with Gasteiger partial charge >= 0.3 is 0 Å². The lowest BCUT2D eigenvalue weighted by Crippen LogP contribution is -2.34. The monoisotopic (exact) mass is 325 g/mol. The lowest BCUT2D eigenvalue weighted by molar-refractivity contribution is -0.121. The molecule has 1 N–H and O–H groups in total. The number of halogens is 1. The van der Waals surface area contributed by atoms with E-state index in [1.807, 2.05) is 18.2 Å². The molecule has 1 aliphatic rings. The number of hydrogen-bond acceptors (Lipinski definition) is 2. The molecular weight excluding hydrogens is 302 g/mol. The fourth-order valence-electron chi connectivity index (χ4n) is 2.71. The molecule has 0 atom stereocenters. The number of hydrogen-bond donors (Lipinski definition) is 1. The van der Waals surface area contributed by atoms with Crippen LogP contribution in [-0.2, 0) is 10.5 Å². The number of nitrogens with one attached hydrogen (secondary N) is 1. The van der Waals surface area contributed by atoms with Crippen LogP contribution in [0, 0.1) is 0 Å². The summed E-state index contributed by atoms with van der Waals surface area (Å²) in [5, 5.41) is 3.97. The zero-order chi connectivity index (χ0) is 14.9. The van der Waals surface area contributed by atoms with Gasteiger partial charge in [0.1, 0.15) is 0 Å². The summed E-state index contributed by atoms with van der Waals surface area (Å²) in [7, 11) is 0. The maximum absolute atomic E-state index is 11.9. The van der Waals surface area contributed by atoms with Crippen molar-refractivity contribution >= 4 is 29.3 Å². The first-order valence-electron chi connectivity index (χ1n) is 7.85. The van der Waals surface area contributed by atoms with Gasteiger partial charge in [-0.1, -0.05) is 49.4 Å². The van der Waals surface area contributed by atoms with Crippen molar-refractivity contribution in [2.24, 2.45) is 0 Å². The van der Waals surface area contributed by atoms with Crippen molar-refractivity contribution in [2.45, 2.75) is 56.7 Å². The molecule has 0 aliphatic heterocycles. The summed E-state index contributed by atoms with van der Waals surface area (Å²) in [6.07, 6.45) is 8.08. The summed E-state index contributed by atoms with van der Waals surface area (Å²) < 4.78 is 0. The van der Waals surface area contributed by atoms with Crippen LogP contribution in [0.25, 0.3) is 0 Å². The van der Waals surface area contributed by atoms with Crippen LogP contribution in [0.5, 0.6) is 0 Å². The second kappa shape index (κ2) is 9.37. The molecular formula is C17H24ClNOS. The van der Waals surface area contributed by atoms with Gasteiger partial charge in [-0.15, -0.1) is 0 Å². The van der Waals surface area contributed by atoms with E-state index in [1.165, 1.54) is 31.2 Å². The Balaban J connectivity index is 1.60. The molecule has 1 saturated carbocycles. The molecule has 1 aromatic carbocycles. The van der Waals surface area contributed by atoms with Crippen LogP contribution in [0.15, 0.2) is 24.3 Å². The van der Waals surface area contributed by atoms with Gasteiger partial charge in [-0.05, 0) is 30.5 Å². The summed E-state index contributed by atoms with van der Waals surface area (Å²) in [4.78, 5) is 11.9. The third-order valence-electron chi connectivity index (χ3n) is 3.85. The fraction of sp³-hybridized carbons (Fsp3) is 0.588. The van der Waals surface area contributed by atoms with E-state index in [-0.39, 0.29) is 5.91 Å². The summed E-state index contributed by atoms with van der Waals surface area (Å²) in [5.41, 5.74) is 1.22. The van der Waals surface area contributed by atoms with E-state index >= 15 is 0 Å². The second-order valence-corrected chi connectivity index (χ2v) is 7.23. The minimum absolute atomic E-state index is 0.209. The van der Waals surface area contributed by atoms with Gasteiger partial charge in [0.2, 0.25) is 5.91 Å². The average molecular weight is 326 g/mol. The lowest BCUT2D eigenvalue weighted by Gasteiger charge is -2.16. The topological polar surface area (TPSA) is 29.1 Å². The van der Waals surface area contributed by atoms with Gasteiger partial charge in [0.15, 0.2) is 0 Å². The third-order valence-corrected chi connectivity index (χ3v) is 5.12. The highest BCUT2D eigenvalue weighted by Crippen LogP contribution is 2.19. The maximum atomic E-state index is 11.9. The summed E-state index contributed by atoms with van der Waals surface area (Å²) in [6.45, 7) is 0. The minimum Gasteiger partial charge on any atom is -0.353 e. The first-order valence-corrected chi connectivity index (χ1v) is 9.39. The van der Waals surface area contributed by atoms with E-state index in [2.05, 4.69) is 11.4 Å². The van der Waals surface area contributed by atoms with Crippen molar-refractivity contribution in [3.05, 3.63) is 34.9 Å². The molecule has 2 rings (SSSR count). The molecule has 0 bridgehead atoms. The standard InChI is InChI=1S/C17H24ClNOS/c18-15-7-5-6-14(12-15)13-21-11-10-17(20)19-16-8-3-1-2-4-9-16/h5-7,12,16H,1-4,8-11,13H2,(H,19,20). The zero-order valence-corrected chi connectivity index (χ0v) is 14.0. The van der Waals surface area contributed by atoms with Crippen molar-refractivity contribution < 1.29 is 4.79 Å². The smallest absolute Gasteiger partial charge is 0.221 e. The lowest BCUT2D eigenvalue weighted by atomic mass is 10.1. The van der Waals surface area contributed by atoms with Gasteiger partial charge in [0, 0.05) is 29.0 Å². The Morgan fingerprint density at radius 3 is 2.71 bits per heavy atom. The first-order chi connectivity index (χ1) is 10.2. The van der Waals surface area contributed by atoms with Crippen LogP contribution < -0.4 is 5.32 Å². The van der Waals surface area contributed by atoms with Gasteiger partial charge in [-0.25, -0.2) is 0 Å². The highest BCUT2D eigenvalue weighted by Gasteiger charge is 2.14. The van der Waals surface area contributed by atoms with Gasteiger partial charge in [-0.3, -0.25) is 4.79 Å². The number of amides is 1. The molecule has 0 spiro atoms. The molecule has 0 radical (unpaired) electrons. The molecule has 1 amide bonds. The SMILES string of the molecule is O=C(CCSCc1cccc(Cl)c1)NC1CCCCCC1. The van der Waals surface area contributed by atoms with Gasteiger partial charge in [-0.2, -0.15) is 11.8 Å². The number of carbonyl (C=O) groups excluding carboxylic acids is 1. The number of benzene rings is 1. The third kappa shape index (κ3) is 6.75. The minimum atomic E-state index is 0.209. The van der Waals surface area contributed by atoms with E-state index in [9.17, 15) is 4.79 Å². The van der Waals surface area contributed by atoms with Crippen molar-refractivity contribution in [1.29, 1.82) is 0 Å². The average Bonchev–Trinajstić information content (AvgIpc) is 2.72. The van der Waals surface area contributed by atoms with Crippen LogP contribution in [0.2, 0.25) is 5.02 Å². The maximum Gasteiger partial charge on any atom is 0.221 e. The van der Waals surface area contributed by atoms with E-state index in [0.29, 0.717) is 12.5 Å². The van der Waals surface area contributed by atoms with Crippen LogP contribution >= 0.6 is 23.4 Å². The molecule has 1 fully saturated rings. The molecule has 2 nitrogen and oxygen atoms in total. The highest BCUT2D eigenvalue weighted by molar-refractivity contribution is 7.98. The predicted molar refractivity (Wildman–Crippen MR) is 91.9 cm³/mol. The van der Waals surface area contributed by atoms with Crippen LogP contribution in [0.3, 0.4) is 0 Å². The molecule has 0 unspecified atom stereocenters. The molecule has 4 heteroatoms. The highest BCUT2D eigenvalue weighted by atomic mass is 35.5. The Bertz CT molecular complexity index is 444. The van der Waals surface area contributed by atoms with Crippen LogP contribution in [0.4, 0.5) is 0 Å². The Morgan fingerprint density at radius 2 is 2.00 bits per heavy atom. The number of rotatable bonds is 6. The largest absolute Gasteiger partial charge is 0.353 e. The first kappa shape index (κ1) is 16.7. The predicted octanol–water partition coefficient (Wildman–Crippen LogP) is 4.80. The summed E-state index contributed by atoms with van der Waals surface area (Å²) in [5.74, 6) is 1.99. The van der Waals surface area contributed by atoms with Gasteiger partial charge < -0.3 is 5.32 Å². The Labute approximate surface area is 137 Å². The molecule has 0 heterocycles. The number of carbonyl (C=O) groups is 1. The van der Waals surface area contributed by atoms with Crippen LogP contribution in [-0.4, -0.2) is 17.7 Å². The molecule has 0 aromatic heterocycles. The normalized spacial score (nSPS) is 16.4. The molecule has 116 valence electrons. The molecule has 21 heavy (non-hydrogen) atoms. The quantitative estimate of drug-likeness (QED) is 0.601. The molecule has 0 saturated heterocycles. The van der Waals surface area contributed by atoms with Crippen molar-refractivity contribution in [3.8, 4) is 0 Å².